The standard InChI is InChI=1S/2C5H2F6O2.Be/c2*6-4(7,8)2(12)1-3(13)5(9,10)11;/h2*1,12H;/q;;+2/b2*2-1-;. The molecule has 27 heavy (non-hydrogen) atoms. The number of hydrogen-bond donors (Lipinski definition) is 0. The maximum absolute atomic E-state index is 11.4. The van der Waals surface area contributed by atoms with Crippen LogP contribution in [-0.2, 0) is 0 Å². The van der Waals surface area contributed by atoms with Crippen LogP contribution in [0, 0.1) is 0 Å². The van der Waals surface area contributed by atoms with Gasteiger partial charge >= 0.3 is 46.4 Å². The SMILES string of the molecule is [Be+2].[O-]/C(=C\C(=[OH+])C(F)(F)F)C(F)(F)F.[O-]/C(=C\C(=[OH+])C(F)(F)F)C(F)(F)F. The molecular formula is C10H4BeF12O4+2. The molecule has 0 heterocycles. The Morgan fingerprint density at radius 3 is 0.815 bits per heavy atom. The molecule has 0 amide bonds. The van der Waals surface area contributed by atoms with Crippen molar-refractivity contribution < 1.29 is 72.5 Å². The third kappa shape index (κ3) is 12.7. The van der Waals surface area contributed by atoms with Gasteiger partial charge in [0.2, 0.25) is 0 Å². The Balaban J connectivity index is -0.000000411. The maximum Gasteiger partial charge on any atom is 2.00 e. The number of halogens is 12. The Bertz CT molecular complexity index is 527. The van der Waals surface area contributed by atoms with Gasteiger partial charge < -0.3 is 10.2 Å². The molecule has 4 nitrogen and oxygen atoms in total. The van der Waals surface area contributed by atoms with Crippen molar-refractivity contribution in [2.24, 2.45) is 0 Å². The van der Waals surface area contributed by atoms with Gasteiger partial charge in [0.05, 0.1) is 0 Å². The molecule has 0 saturated carbocycles. The second-order valence-electron chi connectivity index (χ2n) is 3.78. The zero-order valence-electron chi connectivity index (χ0n) is 12.1. The molecule has 152 valence electrons. The molecule has 0 aliphatic rings. The fourth-order valence-corrected chi connectivity index (χ4v) is 0.576. The largest absolute Gasteiger partial charge is 2.00 e. The van der Waals surface area contributed by atoms with Gasteiger partial charge in [0.25, 0.3) is 0 Å². The molecule has 0 aliphatic carbocycles. The minimum absolute atomic E-state index is 0. The van der Waals surface area contributed by atoms with Crippen molar-refractivity contribution in [1.29, 1.82) is 0 Å². The van der Waals surface area contributed by atoms with Crippen LogP contribution in [0.2, 0.25) is 0 Å². The summed E-state index contributed by atoms with van der Waals surface area (Å²) in [7, 11) is 0. The molecule has 0 aromatic heterocycles. The smallest absolute Gasteiger partial charge is 0.869 e. The van der Waals surface area contributed by atoms with Gasteiger partial charge in [-0.05, 0) is 11.5 Å². The first-order chi connectivity index (χ1) is 11.1. The summed E-state index contributed by atoms with van der Waals surface area (Å²) in [6.45, 7) is 0. The van der Waals surface area contributed by atoms with Crippen LogP contribution in [0.4, 0.5) is 52.7 Å². The molecule has 0 spiro atoms. The van der Waals surface area contributed by atoms with E-state index in [1.165, 1.54) is 0 Å². The van der Waals surface area contributed by atoms with E-state index in [1.807, 2.05) is 0 Å². The molecular weight excluding hydrogens is 421 g/mol. The Morgan fingerprint density at radius 1 is 0.519 bits per heavy atom. The van der Waals surface area contributed by atoms with Crippen LogP contribution in [0.3, 0.4) is 0 Å². The van der Waals surface area contributed by atoms with E-state index in [4.69, 9.17) is 9.59 Å². The van der Waals surface area contributed by atoms with E-state index < -0.39 is 59.9 Å². The van der Waals surface area contributed by atoms with Crippen molar-refractivity contribution in [2.75, 3.05) is 0 Å². The van der Waals surface area contributed by atoms with Crippen molar-refractivity contribution >= 4 is 21.7 Å². The predicted octanol–water partition coefficient (Wildman–Crippen LogP) is 1.42. The summed E-state index contributed by atoms with van der Waals surface area (Å²) in [4.78, 5) is 15.9. The minimum atomic E-state index is -5.42. The molecule has 0 fully saturated rings. The fraction of sp³-hybridized carbons (Fsp3) is 0.400. The van der Waals surface area contributed by atoms with E-state index in [0.717, 1.165) is 0 Å². The van der Waals surface area contributed by atoms with Gasteiger partial charge in [-0.15, -0.1) is 0 Å². The second kappa shape index (κ2) is 9.62. The van der Waals surface area contributed by atoms with Crippen LogP contribution in [0.15, 0.2) is 23.7 Å². The molecule has 0 bridgehead atoms. The van der Waals surface area contributed by atoms with Crippen LogP contribution in [0.5, 0.6) is 0 Å². The summed E-state index contributed by atoms with van der Waals surface area (Å²) in [5, 5.41) is 19.7. The predicted molar refractivity (Wildman–Crippen MR) is 60.0 cm³/mol. The van der Waals surface area contributed by atoms with Gasteiger partial charge in [-0.3, -0.25) is 9.59 Å². The van der Waals surface area contributed by atoms with E-state index >= 15 is 0 Å². The number of carbonyl (C=O) groups excluding carboxylic acids is 2. The van der Waals surface area contributed by atoms with Gasteiger partial charge in [0.1, 0.15) is 0 Å². The molecule has 0 unspecified atom stereocenters. The van der Waals surface area contributed by atoms with Crippen LogP contribution in [0.1, 0.15) is 0 Å². The summed E-state index contributed by atoms with van der Waals surface area (Å²) < 4.78 is 136. The molecule has 0 saturated heterocycles. The second-order valence-corrected chi connectivity index (χ2v) is 3.78. The van der Waals surface area contributed by atoms with Crippen LogP contribution < -0.4 is 10.2 Å². The number of hydrogen-bond acceptors (Lipinski definition) is 2. The van der Waals surface area contributed by atoms with Crippen molar-refractivity contribution in [1.82, 2.24) is 0 Å². The summed E-state index contributed by atoms with van der Waals surface area (Å²) in [5.74, 6) is -10.7. The van der Waals surface area contributed by atoms with E-state index in [-0.39, 0.29) is 10.1 Å². The summed E-state index contributed by atoms with van der Waals surface area (Å²) >= 11 is 0. The van der Waals surface area contributed by atoms with Crippen molar-refractivity contribution in [3.63, 3.8) is 0 Å². The third-order valence-electron chi connectivity index (χ3n) is 1.68. The number of rotatable bonds is 2. The maximum atomic E-state index is 11.4. The Hall–Kier alpha value is -2.25. The first-order valence-electron chi connectivity index (χ1n) is 5.28. The third-order valence-corrected chi connectivity index (χ3v) is 1.68. The van der Waals surface area contributed by atoms with Crippen molar-refractivity contribution in [3.8, 4) is 0 Å². The Labute approximate surface area is 144 Å². The molecule has 0 aliphatic heterocycles. The van der Waals surface area contributed by atoms with Crippen LogP contribution in [-0.4, -0.2) is 56.0 Å². The molecule has 0 aromatic carbocycles. The molecule has 0 radical (unpaired) electrons. The number of ketones is 2. The molecule has 2 N–H and O–H groups in total. The van der Waals surface area contributed by atoms with Gasteiger partial charge in [0, 0.05) is 12.2 Å². The van der Waals surface area contributed by atoms with E-state index in [0.29, 0.717) is 0 Å². The zero-order chi connectivity index (χ0) is 21.7. The monoisotopic (exact) mass is 425 g/mol. The summed E-state index contributed by atoms with van der Waals surface area (Å²) in [6, 6.07) is 0. The first-order valence-corrected chi connectivity index (χ1v) is 5.28. The van der Waals surface area contributed by atoms with E-state index in [9.17, 15) is 62.9 Å². The van der Waals surface area contributed by atoms with E-state index in [1.54, 1.807) is 0 Å². The van der Waals surface area contributed by atoms with E-state index in [2.05, 4.69) is 0 Å². The minimum Gasteiger partial charge on any atom is -0.869 e. The molecule has 0 aromatic rings. The van der Waals surface area contributed by atoms with Crippen molar-refractivity contribution in [2.45, 2.75) is 24.7 Å². The summed E-state index contributed by atoms with van der Waals surface area (Å²) in [6.07, 6.45) is -23.4. The summed E-state index contributed by atoms with van der Waals surface area (Å²) in [5.41, 5.74) is 0. The van der Waals surface area contributed by atoms with Crippen LogP contribution >= 0.6 is 0 Å². The average Bonchev–Trinajstić information content (AvgIpc) is 2.34. The Morgan fingerprint density at radius 2 is 0.704 bits per heavy atom. The van der Waals surface area contributed by atoms with Gasteiger partial charge in [-0.25, -0.2) is 0 Å². The Kier molecular flexibility index (Phi) is 10.5. The normalized spacial score (nSPS) is 13.9. The quantitative estimate of drug-likeness (QED) is 0.220. The molecule has 0 rings (SSSR count). The molecule has 0 atom stereocenters. The van der Waals surface area contributed by atoms with Crippen molar-refractivity contribution in [3.05, 3.63) is 23.7 Å². The topological polar surface area (TPSA) is 88.9 Å². The fourth-order valence-electron chi connectivity index (χ4n) is 0.576. The van der Waals surface area contributed by atoms with Crippen LogP contribution in [0.25, 0.3) is 0 Å². The zero-order valence-corrected chi connectivity index (χ0v) is 12.1. The number of allylic oxidation sites excluding steroid dienone is 4. The van der Waals surface area contributed by atoms with Gasteiger partial charge in [0.15, 0.2) is 0 Å². The molecule has 17 heteroatoms. The average molecular weight is 425 g/mol. The van der Waals surface area contributed by atoms with Gasteiger partial charge in [-0.2, -0.15) is 52.7 Å². The number of alkyl halides is 12. The first kappa shape index (κ1) is 29.5. The van der Waals surface area contributed by atoms with Gasteiger partial charge in [-0.1, -0.05) is 0 Å².